The third kappa shape index (κ3) is 3.43. The molecular weight excluding hydrogens is 242 g/mol. The van der Waals surface area contributed by atoms with E-state index in [4.69, 9.17) is 0 Å². The molecule has 1 fully saturated rings. The summed E-state index contributed by atoms with van der Waals surface area (Å²) in [5.41, 5.74) is 0.632. The lowest BCUT2D eigenvalue weighted by atomic mass is 9.95. The van der Waals surface area contributed by atoms with E-state index in [1.165, 1.54) is 19.3 Å². The number of carboxylic acids is 1. The molecule has 0 unspecified atom stereocenters. The summed E-state index contributed by atoms with van der Waals surface area (Å²) in [7, 11) is 0. The van der Waals surface area contributed by atoms with Gasteiger partial charge in [-0.15, -0.1) is 0 Å². The number of rotatable bonds is 4. The van der Waals surface area contributed by atoms with Gasteiger partial charge in [-0.05, 0) is 12.8 Å². The van der Waals surface area contributed by atoms with Crippen molar-refractivity contribution in [3.63, 3.8) is 0 Å². The molecule has 1 aromatic heterocycles. The molecule has 1 saturated carbocycles. The molecule has 1 aromatic rings. The zero-order valence-corrected chi connectivity index (χ0v) is 11.5. The molecule has 2 rings (SSSR count). The van der Waals surface area contributed by atoms with Crippen LogP contribution >= 0.6 is 0 Å². The van der Waals surface area contributed by atoms with Crippen LogP contribution in [0.15, 0.2) is 6.20 Å². The molecule has 0 bridgehead atoms. The third-order valence-electron chi connectivity index (χ3n) is 3.49. The Morgan fingerprint density at radius 3 is 2.63 bits per heavy atom. The minimum Gasteiger partial charge on any atom is -0.476 e. The number of anilines is 1. The van der Waals surface area contributed by atoms with Gasteiger partial charge in [0.05, 0.1) is 11.9 Å². The minimum atomic E-state index is -0.998. The number of nitrogens with one attached hydrogen (secondary N) is 1. The third-order valence-corrected chi connectivity index (χ3v) is 3.49. The van der Waals surface area contributed by atoms with Crippen molar-refractivity contribution >= 4 is 11.7 Å². The van der Waals surface area contributed by atoms with Crippen molar-refractivity contribution in [3.8, 4) is 0 Å². The highest BCUT2D eigenvalue weighted by molar-refractivity contribution is 5.91. The lowest BCUT2D eigenvalue weighted by Crippen LogP contribution is -2.24. The molecule has 5 heteroatoms. The minimum absolute atomic E-state index is 0.0873. The highest BCUT2D eigenvalue weighted by Crippen LogP contribution is 2.23. The Hall–Kier alpha value is -1.65. The number of hydrogen-bond donors (Lipinski definition) is 2. The fourth-order valence-electron chi connectivity index (χ4n) is 2.41. The summed E-state index contributed by atoms with van der Waals surface area (Å²) in [6.07, 6.45) is 7.46. The molecule has 1 heterocycles. The van der Waals surface area contributed by atoms with Crippen molar-refractivity contribution < 1.29 is 9.90 Å². The van der Waals surface area contributed by atoms with Crippen LogP contribution in [0.2, 0.25) is 0 Å². The van der Waals surface area contributed by atoms with Crippen molar-refractivity contribution in [1.82, 2.24) is 9.97 Å². The van der Waals surface area contributed by atoms with Gasteiger partial charge >= 0.3 is 5.97 Å². The number of hydrogen-bond acceptors (Lipinski definition) is 4. The van der Waals surface area contributed by atoms with Crippen molar-refractivity contribution in [3.05, 3.63) is 17.7 Å². The largest absolute Gasteiger partial charge is 0.476 e. The quantitative estimate of drug-likeness (QED) is 0.873. The lowest BCUT2D eigenvalue weighted by molar-refractivity contribution is 0.0691. The number of aromatic nitrogens is 2. The van der Waals surface area contributed by atoms with Crippen molar-refractivity contribution in [2.45, 2.75) is 57.9 Å². The molecule has 0 aromatic carbocycles. The summed E-state index contributed by atoms with van der Waals surface area (Å²) >= 11 is 0. The molecule has 0 atom stereocenters. The summed E-state index contributed by atoms with van der Waals surface area (Å²) in [6.45, 7) is 3.91. The fourth-order valence-corrected chi connectivity index (χ4v) is 2.41. The van der Waals surface area contributed by atoms with Gasteiger partial charge in [0.25, 0.3) is 0 Å². The van der Waals surface area contributed by atoms with Crippen LogP contribution < -0.4 is 5.32 Å². The van der Waals surface area contributed by atoms with Gasteiger partial charge in [0.1, 0.15) is 5.82 Å². The van der Waals surface area contributed by atoms with Crippen LogP contribution in [0.5, 0.6) is 0 Å². The van der Waals surface area contributed by atoms with E-state index in [0.29, 0.717) is 17.6 Å². The highest BCUT2D eigenvalue weighted by atomic mass is 16.4. The van der Waals surface area contributed by atoms with Crippen molar-refractivity contribution in [1.29, 1.82) is 0 Å². The van der Waals surface area contributed by atoms with Gasteiger partial charge in [-0.2, -0.15) is 0 Å². The average Bonchev–Trinajstić information content (AvgIpc) is 2.39. The monoisotopic (exact) mass is 263 g/mol. The molecule has 1 aliphatic carbocycles. The smallest absolute Gasteiger partial charge is 0.356 e. The maximum Gasteiger partial charge on any atom is 0.356 e. The fraction of sp³-hybridized carbons (Fsp3) is 0.643. The second-order valence-corrected chi connectivity index (χ2v) is 5.43. The molecule has 2 N–H and O–H groups in total. The van der Waals surface area contributed by atoms with E-state index in [0.717, 1.165) is 12.8 Å². The maximum absolute atomic E-state index is 11.3. The van der Waals surface area contributed by atoms with E-state index >= 15 is 0 Å². The van der Waals surface area contributed by atoms with Crippen LogP contribution in [-0.4, -0.2) is 27.1 Å². The van der Waals surface area contributed by atoms with Gasteiger partial charge in [-0.25, -0.2) is 14.8 Å². The van der Waals surface area contributed by atoms with Crippen LogP contribution in [0.1, 0.15) is 68.2 Å². The van der Waals surface area contributed by atoms with Crippen LogP contribution in [0.25, 0.3) is 0 Å². The topological polar surface area (TPSA) is 75.1 Å². The second-order valence-electron chi connectivity index (χ2n) is 5.43. The number of carboxylic acid groups (broad SMARTS) is 1. The van der Waals surface area contributed by atoms with Crippen LogP contribution in [0, 0.1) is 0 Å². The maximum atomic E-state index is 11.3. The lowest BCUT2D eigenvalue weighted by Gasteiger charge is -2.24. The Balaban J connectivity index is 2.21. The summed E-state index contributed by atoms with van der Waals surface area (Å²) in [4.78, 5) is 19.7. The molecule has 0 saturated heterocycles. The summed E-state index contributed by atoms with van der Waals surface area (Å²) in [6, 6.07) is 0.348. The van der Waals surface area contributed by atoms with Crippen LogP contribution in [0.3, 0.4) is 0 Å². The Bertz CT molecular complexity index is 454. The normalized spacial score (nSPS) is 16.6. The standard InChI is InChI=1S/C14H21N3O2/c1-9(2)13-15-8-11(12(17-13)14(18)19)16-10-6-4-3-5-7-10/h8-10,16H,3-7H2,1-2H3,(H,18,19). The zero-order chi connectivity index (χ0) is 13.8. The van der Waals surface area contributed by atoms with Gasteiger partial charge in [0.2, 0.25) is 0 Å². The van der Waals surface area contributed by atoms with Gasteiger partial charge in [0.15, 0.2) is 5.69 Å². The predicted octanol–water partition coefficient (Wildman–Crippen LogP) is 3.04. The Labute approximate surface area is 113 Å². The summed E-state index contributed by atoms with van der Waals surface area (Å²) < 4.78 is 0. The van der Waals surface area contributed by atoms with Crippen LogP contribution in [0.4, 0.5) is 5.69 Å². The first-order valence-corrected chi connectivity index (χ1v) is 6.94. The molecule has 0 aliphatic heterocycles. The number of nitrogens with zero attached hydrogens (tertiary/aromatic N) is 2. The Kier molecular flexibility index (Phi) is 4.35. The molecule has 0 spiro atoms. The Morgan fingerprint density at radius 2 is 2.05 bits per heavy atom. The molecule has 0 amide bonds. The van der Waals surface area contributed by atoms with Gasteiger partial charge in [0, 0.05) is 12.0 Å². The van der Waals surface area contributed by atoms with E-state index in [-0.39, 0.29) is 11.6 Å². The molecule has 19 heavy (non-hydrogen) atoms. The van der Waals surface area contributed by atoms with E-state index < -0.39 is 5.97 Å². The molecule has 5 nitrogen and oxygen atoms in total. The van der Waals surface area contributed by atoms with E-state index in [1.54, 1.807) is 6.20 Å². The van der Waals surface area contributed by atoms with E-state index in [9.17, 15) is 9.90 Å². The first kappa shape index (κ1) is 13.8. The van der Waals surface area contributed by atoms with Crippen molar-refractivity contribution in [2.24, 2.45) is 0 Å². The summed E-state index contributed by atoms with van der Waals surface area (Å²) in [5, 5.41) is 12.6. The number of aromatic carboxylic acids is 1. The SMILES string of the molecule is CC(C)c1ncc(NC2CCCCC2)c(C(=O)O)n1. The summed E-state index contributed by atoms with van der Waals surface area (Å²) in [5.74, 6) is -0.295. The van der Waals surface area contributed by atoms with Gasteiger partial charge in [-0.1, -0.05) is 33.1 Å². The average molecular weight is 263 g/mol. The second kappa shape index (κ2) is 5.99. The zero-order valence-electron chi connectivity index (χ0n) is 11.5. The van der Waals surface area contributed by atoms with Gasteiger partial charge < -0.3 is 10.4 Å². The first-order valence-electron chi connectivity index (χ1n) is 6.94. The van der Waals surface area contributed by atoms with E-state index in [1.807, 2.05) is 13.8 Å². The van der Waals surface area contributed by atoms with E-state index in [2.05, 4.69) is 15.3 Å². The number of carbonyl (C=O) groups is 1. The first-order chi connectivity index (χ1) is 9.08. The molecular formula is C14H21N3O2. The molecule has 1 aliphatic rings. The molecule has 0 radical (unpaired) electrons. The predicted molar refractivity (Wildman–Crippen MR) is 73.6 cm³/mol. The van der Waals surface area contributed by atoms with Gasteiger partial charge in [-0.3, -0.25) is 0 Å². The highest BCUT2D eigenvalue weighted by Gasteiger charge is 2.19. The van der Waals surface area contributed by atoms with Crippen LogP contribution in [-0.2, 0) is 0 Å². The molecule has 104 valence electrons. The Morgan fingerprint density at radius 1 is 1.37 bits per heavy atom. The van der Waals surface area contributed by atoms with Crippen molar-refractivity contribution in [2.75, 3.05) is 5.32 Å².